The van der Waals surface area contributed by atoms with Gasteiger partial charge >= 0.3 is 11.8 Å². The van der Waals surface area contributed by atoms with Gasteiger partial charge in [0.1, 0.15) is 0 Å². The molecule has 2 rings (SSSR count). The molecule has 1 aliphatic heterocycles. The lowest BCUT2D eigenvalue weighted by Crippen LogP contribution is -2.58. The van der Waals surface area contributed by atoms with Crippen LogP contribution in [-0.4, -0.2) is 52.6 Å². The van der Waals surface area contributed by atoms with Crippen LogP contribution in [0.15, 0.2) is 0 Å². The highest BCUT2D eigenvalue weighted by atomic mass is 79.9. The van der Waals surface area contributed by atoms with Crippen LogP contribution in [0.1, 0.15) is 52.4 Å². The Bertz CT molecular complexity index is 390. The summed E-state index contributed by atoms with van der Waals surface area (Å²) in [6, 6.07) is 0.103. The number of alkyl halides is 1. The van der Waals surface area contributed by atoms with Gasteiger partial charge in [0, 0.05) is 31.0 Å². The molecule has 1 aliphatic carbocycles. The van der Waals surface area contributed by atoms with E-state index in [-0.39, 0.29) is 23.3 Å². The number of halogens is 1. The van der Waals surface area contributed by atoms with E-state index in [0.717, 1.165) is 24.7 Å². The molecule has 0 radical (unpaired) electrons. The minimum Gasteiger partial charge on any atom is -0.332 e. The maximum Gasteiger partial charge on any atom is 0.312 e. The largest absolute Gasteiger partial charge is 0.332 e. The molecular formula is C16H27BrN2O2. The molecule has 1 saturated heterocycles. The molecule has 0 N–H and O–H groups in total. The van der Waals surface area contributed by atoms with Crippen LogP contribution in [0.25, 0.3) is 0 Å². The van der Waals surface area contributed by atoms with E-state index >= 15 is 0 Å². The van der Waals surface area contributed by atoms with Crippen LogP contribution in [0, 0.1) is 5.41 Å². The lowest BCUT2D eigenvalue weighted by Gasteiger charge is -2.41. The average molecular weight is 359 g/mol. The Balaban J connectivity index is 2.05. The summed E-state index contributed by atoms with van der Waals surface area (Å²) < 4.78 is 0. The minimum atomic E-state index is -0.324. The molecule has 5 heteroatoms. The Morgan fingerprint density at radius 3 is 2.19 bits per heavy atom. The smallest absolute Gasteiger partial charge is 0.312 e. The average Bonchev–Trinajstić information content (AvgIpc) is 2.70. The summed E-state index contributed by atoms with van der Waals surface area (Å²) in [4.78, 5) is 28.1. The van der Waals surface area contributed by atoms with Crippen molar-refractivity contribution in [1.29, 1.82) is 0 Å². The van der Waals surface area contributed by atoms with E-state index in [2.05, 4.69) is 15.9 Å². The van der Waals surface area contributed by atoms with Crippen molar-refractivity contribution in [2.75, 3.05) is 25.0 Å². The van der Waals surface area contributed by atoms with Gasteiger partial charge in [-0.05, 0) is 32.1 Å². The van der Waals surface area contributed by atoms with Gasteiger partial charge in [-0.25, -0.2) is 0 Å². The fourth-order valence-corrected chi connectivity index (χ4v) is 4.29. The molecule has 0 atom stereocenters. The Kier molecular flexibility index (Phi) is 5.69. The molecule has 4 nitrogen and oxygen atoms in total. The summed E-state index contributed by atoms with van der Waals surface area (Å²) in [6.07, 6.45) is 7.37. The van der Waals surface area contributed by atoms with E-state index in [0.29, 0.717) is 13.1 Å². The first-order valence-corrected chi connectivity index (χ1v) is 9.27. The SMILES string of the molecule is CC(C)N1CCN(CC2(CBr)CCCCCC2)C(=O)C1=O. The van der Waals surface area contributed by atoms with Crippen LogP contribution < -0.4 is 0 Å². The fourth-order valence-electron chi connectivity index (χ4n) is 3.55. The van der Waals surface area contributed by atoms with Crippen molar-refractivity contribution in [3.8, 4) is 0 Å². The molecule has 2 aliphatic rings. The predicted octanol–water partition coefficient (Wildman–Crippen LogP) is 2.80. The zero-order valence-electron chi connectivity index (χ0n) is 13.2. The van der Waals surface area contributed by atoms with Gasteiger partial charge in [-0.15, -0.1) is 0 Å². The van der Waals surface area contributed by atoms with E-state index in [4.69, 9.17) is 0 Å². The topological polar surface area (TPSA) is 40.6 Å². The lowest BCUT2D eigenvalue weighted by atomic mass is 9.81. The van der Waals surface area contributed by atoms with Crippen molar-refractivity contribution in [2.45, 2.75) is 58.4 Å². The molecule has 0 spiro atoms. The van der Waals surface area contributed by atoms with Gasteiger partial charge in [0.15, 0.2) is 0 Å². The maximum absolute atomic E-state index is 12.4. The Morgan fingerprint density at radius 2 is 1.67 bits per heavy atom. The Hall–Kier alpha value is -0.580. The first-order valence-electron chi connectivity index (χ1n) is 8.15. The molecule has 0 unspecified atom stereocenters. The number of carbonyl (C=O) groups excluding carboxylic acids is 2. The number of rotatable bonds is 4. The molecule has 2 fully saturated rings. The summed E-state index contributed by atoms with van der Waals surface area (Å²) in [7, 11) is 0. The van der Waals surface area contributed by atoms with Crippen molar-refractivity contribution in [3.63, 3.8) is 0 Å². The molecule has 2 amide bonds. The van der Waals surface area contributed by atoms with Crippen molar-refractivity contribution in [3.05, 3.63) is 0 Å². The van der Waals surface area contributed by atoms with Crippen molar-refractivity contribution in [2.24, 2.45) is 5.41 Å². The van der Waals surface area contributed by atoms with Gasteiger partial charge in [0.25, 0.3) is 0 Å². The van der Waals surface area contributed by atoms with Gasteiger partial charge in [-0.2, -0.15) is 0 Å². The molecule has 0 aromatic heterocycles. The number of nitrogens with zero attached hydrogens (tertiary/aromatic N) is 2. The molecule has 120 valence electrons. The molecule has 0 aromatic rings. The van der Waals surface area contributed by atoms with Crippen LogP contribution in [0.5, 0.6) is 0 Å². The second-order valence-electron chi connectivity index (χ2n) is 6.87. The third-order valence-corrected chi connectivity index (χ3v) is 6.13. The van der Waals surface area contributed by atoms with Gasteiger partial charge in [0.05, 0.1) is 0 Å². The van der Waals surface area contributed by atoms with Crippen LogP contribution >= 0.6 is 15.9 Å². The lowest BCUT2D eigenvalue weighted by molar-refractivity contribution is -0.158. The van der Waals surface area contributed by atoms with E-state index in [1.807, 2.05) is 13.8 Å². The molecular weight excluding hydrogens is 332 g/mol. The van der Waals surface area contributed by atoms with Gasteiger partial charge in [-0.3, -0.25) is 9.59 Å². The van der Waals surface area contributed by atoms with E-state index in [1.54, 1.807) is 9.80 Å². The molecule has 0 aromatic carbocycles. The van der Waals surface area contributed by atoms with E-state index < -0.39 is 0 Å². The number of amides is 2. The van der Waals surface area contributed by atoms with Crippen LogP contribution in [0.4, 0.5) is 0 Å². The highest BCUT2D eigenvalue weighted by Gasteiger charge is 2.39. The highest BCUT2D eigenvalue weighted by Crippen LogP contribution is 2.37. The normalized spacial score (nSPS) is 23.6. The predicted molar refractivity (Wildman–Crippen MR) is 87.4 cm³/mol. The van der Waals surface area contributed by atoms with Gasteiger partial charge in [0.2, 0.25) is 0 Å². The number of carbonyl (C=O) groups is 2. The van der Waals surface area contributed by atoms with Crippen molar-refractivity contribution >= 4 is 27.7 Å². The van der Waals surface area contributed by atoms with Crippen LogP contribution in [0.2, 0.25) is 0 Å². The zero-order valence-corrected chi connectivity index (χ0v) is 14.8. The zero-order chi connectivity index (χ0) is 15.5. The molecule has 21 heavy (non-hydrogen) atoms. The summed E-state index contributed by atoms with van der Waals surface area (Å²) in [5.41, 5.74) is 0.159. The van der Waals surface area contributed by atoms with Gasteiger partial charge < -0.3 is 9.80 Å². The number of hydrogen-bond donors (Lipinski definition) is 0. The summed E-state index contributed by atoms with van der Waals surface area (Å²) in [6.45, 7) is 6.01. The van der Waals surface area contributed by atoms with Crippen molar-refractivity contribution in [1.82, 2.24) is 9.80 Å². The highest BCUT2D eigenvalue weighted by molar-refractivity contribution is 9.09. The van der Waals surface area contributed by atoms with Crippen LogP contribution in [-0.2, 0) is 9.59 Å². The van der Waals surface area contributed by atoms with E-state index in [1.165, 1.54) is 25.7 Å². The second kappa shape index (κ2) is 7.12. The Labute approximate surface area is 136 Å². The Morgan fingerprint density at radius 1 is 1.05 bits per heavy atom. The first-order chi connectivity index (χ1) is 9.99. The van der Waals surface area contributed by atoms with E-state index in [9.17, 15) is 9.59 Å². The molecule has 1 saturated carbocycles. The molecule has 1 heterocycles. The maximum atomic E-state index is 12.4. The summed E-state index contributed by atoms with van der Waals surface area (Å²) >= 11 is 3.67. The van der Waals surface area contributed by atoms with Crippen LogP contribution in [0.3, 0.4) is 0 Å². The third-order valence-electron chi connectivity index (χ3n) is 4.94. The number of hydrogen-bond acceptors (Lipinski definition) is 2. The first kappa shape index (κ1) is 16.8. The van der Waals surface area contributed by atoms with Crippen molar-refractivity contribution < 1.29 is 9.59 Å². The quantitative estimate of drug-likeness (QED) is 0.440. The van der Waals surface area contributed by atoms with Gasteiger partial charge in [-0.1, -0.05) is 41.6 Å². The number of piperazine rings is 1. The molecule has 0 bridgehead atoms. The monoisotopic (exact) mass is 358 g/mol. The summed E-state index contributed by atoms with van der Waals surface area (Å²) in [5, 5.41) is 0.922. The second-order valence-corrected chi connectivity index (χ2v) is 7.43. The minimum absolute atomic E-state index is 0.103. The third kappa shape index (κ3) is 3.79. The standard InChI is InChI=1S/C16H27BrN2O2/c1-13(2)19-10-9-18(14(20)15(19)21)12-16(11-17)7-5-3-4-6-8-16/h13H,3-12H2,1-2H3. The summed E-state index contributed by atoms with van der Waals surface area (Å²) in [5.74, 6) is -0.630. The fraction of sp³-hybridized carbons (Fsp3) is 0.875.